The minimum atomic E-state index is 0.250. The monoisotopic (exact) mass is 86.1 g/mol. The first-order valence-electron chi connectivity index (χ1n) is 2.17. The molecule has 1 aliphatic carbocycles. The van der Waals surface area contributed by atoms with Crippen LogP contribution in [-0.2, 0) is 0 Å². The molecular formula is C5H10O. The third kappa shape index (κ3) is 55.0. The molecule has 0 aromatic carbocycles. The highest BCUT2D eigenvalue weighted by atomic mass is 16.2. The summed E-state index contributed by atoms with van der Waals surface area (Å²) in [7, 11) is 0. The van der Waals surface area contributed by atoms with Crippen LogP contribution in [0, 0.1) is 0 Å². The van der Waals surface area contributed by atoms with E-state index < -0.39 is 0 Å². The van der Waals surface area contributed by atoms with Gasteiger partial charge in [0.05, 0.1) is 0 Å². The second kappa shape index (κ2) is 4.70. The number of allylic oxidation sites excluding steroid dienone is 2. The van der Waals surface area contributed by atoms with E-state index >= 15 is 0 Å². The summed E-state index contributed by atoms with van der Waals surface area (Å²) in [5.74, 6) is 0. The first-order chi connectivity index (χ1) is 2.91. The third-order valence-corrected chi connectivity index (χ3v) is 0.236. The summed E-state index contributed by atoms with van der Waals surface area (Å²) in [6.45, 7) is 1.93. The van der Waals surface area contributed by atoms with Gasteiger partial charge in [0.1, 0.15) is 0 Å². The van der Waals surface area contributed by atoms with E-state index in [0.717, 1.165) is 0 Å². The molecule has 1 heteroatoms. The van der Waals surface area contributed by atoms with Crippen LogP contribution in [-0.4, -0.2) is 11.7 Å². The average molecular weight is 86.1 g/mol. The third-order valence-electron chi connectivity index (χ3n) is 0.236. The van der Waals surface area contributed by atoms with Crippen LogP contribution in [0.15, 0.2) is 12.2 Å². The van der Waals surface area contributed by atoms with Crippen LogP contribution < -0.4 is 0 Å². The predicted octanol–water partition coefficient (Wildman–Crippen LogP) is 0.945. The van der Waals surface area contributed by atoms with Crippen LogP contribution in [0.25, 0.3) is 0 Å². The molecule has 0 aromatic heterocycles. The van der Waals surface area contributed by atoms with E-state index in [4.69, 9.17) is 5.11 Å². The van der Waals surface area contributed by atoms with E-state index in [2.05, 4.69) is 12.2 Å². The van der Waals surface area contributed by atoms with Crippen molar-refractivity contribution < 1.29 is 5.11 Å². The maximum absolute atomic E-state index is 7.57. The van der Waals surface area contributed by atoms with Gasteiger partial charge in [-0.1, -0.05) is 12.2 Å². The van der Waals surface area contributed by atoms with Crippen LogP contribution in [0.4, 0.5) is 0 Å². The number of aliphatic hydroxyl groups is 1. The van der Waals surface area contributed by atoms with Gasteiger partial charge in [-0.25, -0.2) is 0 Å². The second-order valence-electron chi connectivity index (χ2n) is 1.02. The molecule has 1 aliphatic rings. The summed E-state index contributed by atoms with van der Waals surface area (Å²) in [6.07, 6.45) is 5.50. The Bertz CT molecular complexity index is 35.2. The topological polar surface area (TPSA) is 20.2 Å². The lowest BCUT2D eigenvalue weighted by atomic mass is 10.9. The van der Waals surface area contributed by atoms with E-state index in [9.17, 15) is 0 Å². The zero-order valence-electron chi connectivity index (χ0n) is 4.02. The fourth-order valence-electron chi connectivity index (χ4n) is 0. The number of hydrogen-bond acceptors (Lipinski definition) is 1. The molecule has 0 amide bonds. The molecular weight excluding hydrogens is 76.1 g/mol. The van der Waals surface area contributed by atoms with Gasteiger partial charge in [0.2, 0.25) is 0 Å². The standard InChI is InChI=1S/C3H4.C2H6O/c1-2-3-1;1-2-3/h1-2H,3H2;3H,2H2,1H3. The first kappa shape index (κ1) is 5.70. The van der Waals surface area contributed by atoms with Gasteiger partial charge < -0.3 is 5.11 Å². The van der Waals surface area contributed by atoms with Crippen LogP contribution in [0.1, 0.15) is 13.3 Å². The average Bonchev–Trinajstić information content (AvgIpc) is 2.11. The van der Waals surface area contributed by atoms with Crippen molar-refractivity contribution in [1.29, 1.82) is 0 Å². The van der Waals surface area contributed by atoms with Crippen molar-refractivity contribution in [2.75, 3.05) is 6.61 Å². The Morgan fingerprint density at radius 2 is 1.83 bits per heavy atom. The van der Waals surface area contributed by atoms with Gasteiger partial charge in [0, 0.05) is 6.61 Å². The van der Waals surface area contributed by atoms with Gasteiger partial charge in [-0.2, -0.15) is 0 Å². The molecule has 0 unspecified atom stereocenters. The summed E-state index contributed by atoms with van der Waals surface area (Å²) in [5, 5.41) is 7.57. The maximum atomic E-state index is 7.57. The minimum Gasteiger partial charge on any atom is -0.397 e. The Balaban J connectivity index is 0.0000000833. The van der Waals surface area contributed by atoms with E-state index in [0.29, 0.717) is 0 Å². The lowest BCUT2D eigenvalue weighted by Crippen LogP contribution is -1.57. The molecule has 0 spiro atoms. The zero-order valence-corrected chi connectivity index (χ0v) is 4.02. The highest BCUT2D eigenvalue weighted by Gasteiger charge is 1.75. The van der Waals surface area contributed by atoms with Gasteiger partial charge in [0.25, 0.3) is 0 Å². The molecule has 0 radical (unpaired) electrons. The summed E-state index contributed by atoms with van der Waals surface area (Å²) in [4.78, 5) is 0. The Hall–Kier alpha value is -0.300. The molecule has 0 atom stereocenters. The van der Waals surface area contributed by atoms with Crippen molar-refractivity contribution in [2.24, 2.45) is 0 Å². The normalized spacial score (nSPS) is 12.3. The molecule has 0 fully saturated rings. The largest absolute Gasteiger partial charge is 0.397 e. The molecule has 0 aliphatic heterocycles. The summed E-state index contributed by atoms with van der Waals surface area (Å²) < 4.78 is 0. The van der Waals surface area contributed by atoms with E-state index in [1.807, 2.05) is 0 Å². The van der Waals surface area contributed by atoms with Crippen molar-refractivity contribution in [2.45, 2.75) is 13.3 Å². The summed E-state index contributed by atoms with van der Waals surface area (Å²) in [6, 6.07) is 0. The van der Waals surface area contributed by atoms with Gasteiger partial charge >= 0.3 is 0 Å². The zero-order chi connectivity index (χ0) is 4.83. The molecule has 0 saturated carbocycles. The SMILES string of the molecule is C1=CC1.CCO. The molecule has 0 heterocycles. The first-order valence-corrected chi connectivity index (χ1v) is 2.17. The highest BCUT2D eigenvalue weighted by Crippen LogP contribution is 1.96. The fraction of sp³-hybridized carbons (Fsp3) is 0.600. The molecule has 0 bridgehead atoms. The lowest BCUT2D eigenvalue weighted by molar-refractivity contribution is 0.318. The lowest BCUT2D eigenvalue weighted by Gasteiger charge is -1.52. The fourth-order valence-corrected chi connectivity index (χ4v) is 0. The van der Waals surface area contributed by atoms with Gasteiger partial charge in [-0.05, 0) is 13.3 Å². The Labute approximate surface area is 38.3 Å². The van der Waals surface area contributed by atoms with Gasteiger partial charge in [0.15, 0.2) is 0 Å². The van der Waals surface area contributed by atoms with E-state index in [1.165, 1.54) is 6.42 Å². The quantitative estimate of drug-likeness (QED) is 0.435. The molecule has 0 saturated heterocycles. The minimum absolute atomic E-state index is 0.250. The smallest absolute Gasteiger partial charge is 0.0402 e. The van der Waals surface area contributed by atoms with Gasteiger partial charge in [-0.15, -0.1) is 0 Å². The van der Waals surface area contributed by atoms with Crippen molar-refractivity contribution in [3.63, 3.8) is 0 Å². The van der Waals surface area contributed by atoms with Crippen molar-refractivity contribution in [1.82, 2.24) is 0 Å². The molecule has 0 aromatic rings. The summed E-state index contributed by atoms with van der Waals surface area (Å²) >= 11 is 0. The molecule has 1 N–H and O–H groups in total. The molecule has 6 heavy (non-hydrogen) atoms. The van der Waals surface area contributed by atoms with Crippen molar-refractivity contribution in [3.05, 3.63) is 12.2 Å². The Morgan fingerprint density at radius 3 is 1.83 bits per heavy atom. The van der Waals surface area contributed by atoms with Crippen molar-refractivity contribution >= 4 is 0 Å². The van der Waals surface area contributed by atoms with Crippen molar-refractivity contribution in [3.8, 4) is 0 Å². The predicted molar refractivity (Wildman–Crippen MR) is 26.5 cm³/mol. The molecule has 1 nitrogen and oxygen atoms in total. The number of rotatable bonds is 0. The number of hydrogen-bond donors (Lipinski definition) is 1. The maximum Gasteiger partial charge on any atom is 0.0402 e. The van der Waals surface area contributed by atoms with Crippen LogP contribution in [0.5, 0.6) is 0 Å². The van der Waals surface area contributed by atoms with E-state index in [-0.39, 0.29) is 6.61 Å². The van der Waals surface area contributed by atoms with E-state index in [1.54, 1.807) is 6.92 Å². The highest BCUT2D eigenvalue weighted by molar-refractivity contribution is 5.02. The molecule has 1 rings (SSSR count). The number of aliphatic hydroxyl groups excluding tert-OH is 1. The van der Waals surface area contributed by atoms with Crippen LogP contribution >= 0.6 is 0 Å². The van der Waals surface area contributed by atoms with Crippen LogP contribution in [0.2, 0.25) is 0 Å². The molecule has 36 valence electrons. The second-order valence-corrected chi connectivity index (χ2v) is 1.02. The van der Waals surface area contributed by atoms with Gasteiger partial charge in [-0.3, -0.25) is 0 Å². The Kier molecular flexibility index (Phi) is 4.46. The Morgan fingerprint density at radius 1 is 1.67 bits per heavy atom. The van der Waals surface area contributed by atoms with Crippen LogP contribution in [0.3, 0.4) is 0 Å². The summed E-state index contributed by atoms with van der Waals surface area (Å²) in [5.41, 5.74) is 0.